The van der Waals surface area contributed by atoms with E-state index in [1.807, 2.05) is 35.1 Å². The van der Waals surface area contributed by atoms with Crippen molar-refractivity contribution < 1.29 is 4.79 Å². The first kappa shape index (κ1) is 20.3. The highest BCUT2D eigenvalue weighted by Crippen LogP contribution is 2.26. The highest BCUT2D eigenvalue weighted by atomic mass is 32.2. The molecule has 0 bridgehead atoms. The Labute approximate surface area is 183 Å². The Balaban J connectivity index is 1.55. The zero-order valence-corrected chi connectivity index (χ0v) is 18.1. The molecule has 1 atom stereocenters. The van der Waals surface area contributed by atoms with Gasteiger partial charge in [-0.15, -0.1) is 28.1 Å². The quantitative estimate of drug-likeness (QED) is 0.318. The Morgan fingerprint density at radius 1 is 1.27 bits per heavy atom. The topological polar surface area (TPSA) is 72.7 Å². The van der Waals surface area contributed by atoms with Crippen LogP contribution in [0.1, 0.15) is 18.3 Å². The molecule has 0 spiro atoms. The molecule has 0 radical (unpaired) electrons. The Morgan fingerprint density at radius 3 is 2.90 bits per heavy atom. The summed E-state index contributed by atoms with van der Waals surface area (Å²) in [4.78, 5) is 16.6. The lowest BCUT2D eigenvalue weighted by molar-refractivity contribution is -0.115. The van der Waals surface area contributed by atoms with Crippen molar-refractivity contribution in [3.05, 3.63) is 78.1 Å². The second-order valence-electron chi connectivity index (χ2n) is 6.70. The van der Waals surface area contributed by atoms with Crippen LogP contribution in [0, 0.1) is 0 Å². The van der Waals surface area contributed by atoms with Gasteiger partial charge in [-0.1, -0.05) is 60.3 Å². The molecule has 0 unspecified atom stereocenters. The number of carbonyl (C=O) groups excluding carboxylic acids is 1. The third-order valence-electron chi connectivity index (χ3n) is 4.65. The van der Waals surface area contributed by atoms with Crippen molar-refractivity contribution in [3.63, 3.8) is 0 Å². The maximum absolute atomic E-state index is 12.5. The van der Waals surface area contributed by atoms with Gasteiger partial charge in [-0.25, -0.2) is 4.98 Å². The summed E-state index contributed by atoms with van der Waals surface area (Å²) in [5.41, 5.74) is 1.19. The van der Waals surface area contributed by atoms with E-state index in [-0.39, 0.29) is 11.2 Å². The number of aromatic nitrogens is 4. The molecule has 152 valence electrons. The van der Waals surface area contributed by atoms with Crippen molar-refractivity contribution in [1.82, 2.24) is 19.7 Å². The third-order valence-corrected chi connectivity index (χ3v) is 6.42. The second-order valence-corrected chi connectivity index (χ2v) is 8.90. The molecule has 1 amide bonds. The molecule has 1 N–H and O–H groups in total. The van der Waals surface area contributed by atoms with Gasteiger partial charge in [-0.05, 0) is 23.3 Å². The van der Waals surface area contributed by atoms with Gasteiger partial charge in [-0.3, -0.25) is 4.79 Å². The minimum absolute atomic E-state index is 0.112. The third kappa shape index (κ3) is 4.44. The summed E-state index contributed by atoms with van der Waals surface area (Å²) in [6.45, 7) is 6.30. The van der Waals surface area contributed by atoms with Crippen LogP contribution in [0.2, 0.25) is 0 Å². The summed E-state index contributed by atoms with van der Waals surface area (Å²) >= 11 is 2.78. The number of benzene rings is 2. The maximum atomic E-state index is 12.5. The fourth-order valence-corrected chi connectivity index (χ4v) is 4.58. The zero-order valence-electron chi connectivity index (χ0n) is 16.5. The molecule has 0 fully saturated rings. The van der Waals surface area contributed by atoms with Gasteiger partial charge in [0.05, 0.1) is 5.25 Å². The molecular formula is C22H21N5OS2. The van der Waals surface area contributed by atoms with Gasteiger partial charge in [0.2, 0.25) is 5.91 Å². The SMILES string of the molecule is C=CCn1c(Cc2cccc3ccccc23)nnc1S[C@H](C)C(=O)Nc1nccs1. The number of thioether (sulfide) groups is 1. The zero-order chi connectivity index (χ0) is 20.9. The van der Waals surface area contributed by atoms with Crippen LogP contribution in [0.5, 0.6) is 0 Å². The molecule has 0 aliphatic rings. The van der Waals surface area contributed by atoms with Crippen LogP contribution in [0.3, 0.4) is 0 Å². The van der Waals surface area contributed by atoms with Crippen LogP contribution in [0.4, 0.5) is 5.13 Å². The monoisotopic (exact) mass is 435 g/mol. The lowest BCUT2D eigenvalue weighted by atomic mass is 10.0. The Hall–Kier alpha value is -2.97. The molecule has 0 aliphatic carbocycles. The second kappa shape index (κ2) is 9.23. The molecule has 0 saturated carbocycles. The van der Waals surface area contributed by atoms with Crippen molar-refractivity contribution in [2.45, 2.75) is 30.3 Å². The van der Waals surface area contributed by atoms with Gasteiger partial charge in [0.1, 0.15) is 5.82 Å². The van der Waals surface area contributed by atoms with Crippen molar-refractivity contribution >= 4 is 44.9 Å². The lowest BCUT2D eigenvalue weighted by Gasteiger charge is -2.12. The average Bonchev–Trinajstić information content (AvgIpc) is 3.39. The molecule has 2 heterocycles. The summed E-state index contributed by atoms with van der Waals surface area (Å²) in [5.74, 6) is 0.736. The minimum atomic E-state index is -0.341. The number of carbonyl (C=O) groups is 1. The number of hydrogen-bond donors (Lipinski definition) is 1. The molecule has 4 rings (SSSR count). The van der Waals surface area contributed by atoms with E-state index in [1.165, 1.54) is 39.4 Å². The minimum Gasteiger partial charge on any atom is -0.302 e. The molecule has 2 aromatic heterocycles. The number of hydrogen-bond acceptors (Lipinski definition) is 6. The summed E-state index contributed by atoms with van der Waals surface area (Å²) in [6.07, 6.45) is 4.14. The van der Waals surface area contributed by atoms with Crippen LogP contribution in [-0.4, -0.2) is 30.9 Å². The fourth-order valence-electron chi connectivity index (χ4n) is 3.17. The van der Waals surface area contributed by atoms with E-state index in [4.69, 9.17) is 0 Å². The largest absolute Gasteiger partial charge is 0.302 e. The predicted octanol–water partition coefficient (Wildman–Crippen LogP) is 4.78. The molecule has 4 aromatic rings. The number of rotatable bonds is 8. The van der Waals surface area contributed by atoms with Crippen LogP contribution >= 0.6 is 23.1 Å². The normalized spacial score (nSPS) is 12.0. The van der Waals surface area contributed by atoms with Crippen molar-refractivity contribution in [3.8, 4) is 0 Å². The first-order valence-electron chi connectivity index (χ1n) is 9.52. The van der Waals surface area contributed by atoms with E-state index in [0.717, 1.165) is 5.82 Å². The van der Waals surface area contributed by atoms with E-state index in [1.54, 1.807) is 6.20 Å². The predicted molar refractivity (Wildman–Crippen MR) is 123 cm³/mol. The number of thiazole rings is 1. The number of fused-ring (bicyclic) bond motifs is 1. The van der Waals surface area contributed by atoms with E-state index in [2.05, 4.69) is 57.4 Å². The lowest BCUT2D eigenvalue weighted by Crippen LogP contribution is -2.22. The van der Waals surface area contributed by atoms with E-state index in [0.29, 0.717) is 23.3 Å². The smallest absolute Gasteiger partial charge is 0.239 e. The van der Waals surface area contributed by atoms with Gasteiger partial charge in [0.15, 0.2) is 10.3 Å². The highest BCUT2D eigenvalue weighted by molar-refractivity contribution is 8.00. The van der Waals surface area contributed by atoms with Crippen LogP contribution < -0.4 is 5.32 Å². The summed E-state index contributed by atoms with van der Waals surface area (Å²) in [5, 5.41) is 16.8. The van der Waals surface area contributed by atoms with E-state index in [9.17, 15) is 4.79 Å². The highest BCUT2D eigenvalue weighted by Gasteiger charge is 2.21. The summed E-state index contributed by atoms with van der Waals surface area (Å²) in [7, 11) is 0. The summed E-state index contributed by atoms with van der Waals surface area (Å²) in [6, 6.07) is 14.6. The van der Waals surface area contributed by atoms with Crippen LogP contribution in [-0.2, 0) is 17.8 Å². The van der Waals surface area contributed by atoms with Crippen LogP contribution in [0.25, 0.3) is 10.8 Å². The Bertz CT molecular complexity index is 1160. The first-order valence-corrected chi connectivity index (χ1v) is 11.3. The number of allylic oxidation sites excluding steroid dienone is 1. The number of anilines is 1. The van der Waals surface area contributed by atoms with Crippen molar-refractivity contribution in [2.24, 2.45) is 0 Å². The van der Waals surface area contributed by atoms with Gasteiger partial charge >= 0.3 is 0 Å². The van der Waals surface area contributed by atoms with E-state index < -0.39 is 0 Å². The molecule has 2 aromatic carbocycles. The Morgan fingerprint density at radius 2 is 2.10 bits per heavy atom. The molecule has 0 aliphatic heterocycles. The van der Waals surface area contributed by atoms with Gasteiger partial charge in [-0.2, -0.15) is 0 Å². The van der Waals surface area contributed by atoms with Gasteiger partial charge in [0.25, 0.3) is 0 Å². The Kier molecular flexibility index (Phi) is 6.25. The van der Waals surface area contributed by atoms with Gasteiger partial charge in [0, 0.05) is 24.5 Å². The number of nitrogens with zero attached hydrogens (tertiary/aromatic N) is 4. The van der Waals surface area contributed by atoms with E-state index >= 15 is 0 Å². The fraction of sp³-hybridized carbons (Fsp3) is 0.182. The molecular weight excluding hydrogens is 414 g/mol. The summed E-state index contributed by atoms with van der Waals surface area (Å²) < 4.78 is 2.02. The molecule has 0 saturated heterocycles. The standard InChI is InChI=1S/C22H21N5OS2/c1-3-12-27-19(14-17-9-6-8-16-7-4-5-10-18(16)17)25-26-22(27)30-15(2)20(28)24-21-23-11-13-29-21/h3-11,13,15H,1,12,14H2,2H3,(H,23,24,28)/t15-/m1/s1. The maximum Gasteiger partial charge on any atom is 0.239 e. The van der Waals surface area contributed by atoms with Crippen molar-refractivity contribution in [2.75, 3.05) is 5.32 Å². The number of nitrogens with one attached hydrogen (secondary N) is 1. The molecule has 8 heteroatoms. The van der Waals surface area contributed by atoms with Crippen LogP contribution in [0.15, 0.2) is 71.9 Å². The molecule has 30 heavy (non-hydrogen) atoms. The average molecular weight is 436 g/mol. The molecule has 6 nitrogen and oxygen atoms in total. The first-order chi connectivity index (χ1) is 14.7. The number of amides is 1. The van der Waals surface area contributed by atoms with Gasteiger partial charge < -0.3 is 9.88 Å². The van der Waals surface area contributed by atoms with Crippen molar-refractivity contribution in [1.29, 1.82) is 0 Å².